The summed E-state index contributed by atoms with van der Waals surface area (Å²) in [5, 5.41) is 8.93. The highest BCUT2D eigenvalue weighted by Gasteiger charge is 2.26. The third-order valence-corrected chi connectivity index (χ3v) is 3.53. The topological polar surface area (TPSA) is 56.7 Å². The van der Waals surface area contributed by atoms with E-state index in [1.165, 1.54) is 12.3 Å². The summed E-state index contributed by atoms with van der Waals surface area (Å²) in [6, 6.07) is 1.53. The summed E-state index contributed by atoms with van der Waals surface area (Å²) in [7, 11) is 3.98. The highest BCUT2D eigenvalue weighted by atomic mass is 19.1. The minimum Gasteiger partial charge on any atom is -0.478 e. The Labute approximate surface area is 111 Å². The molecule has 1 aromatic rings. The fraction of sp³-hybridized carbons (Fsp3) is 0.538. The SMILES string of the molecule is CN(C)C1CCCN(c2nccc(C(=O)O)c2F)C1. The summed E-state index contributed by atoms with van der Waals surface area (Å²) in [6.07, 6.45) is 3.35. The molecule has 1 aromatic heterocycles. The van der Waals surface area contributed by atoms with Crippen LogP contribution in [0.2, 0.25) is 0 Å². The second-order valence-electron chi connectivity index (χ2n) is 5.01. The second kappa shape index (κ2) is 5.52. The van der Waals surface area contributed by atoms with E-state index in [-0.39, 0.29) is 11.4 Å². The van der Waals surface area contributed by atoms with Crippen LogP contribution in [0.1, 0.15) is 23.2 Å². The van der Waals surface area contributed by atoms with Crippen LogP contribution in [-0.4, -0.2) is 54.2 Å². The van der Waals surface area contributed by atoms with Crippen molar-refractivity contribution >= 4 is 11.8 Å². The molecule has 19 heavy (non-hydrogen) atoms. The van der Waals surface area contributed by atoms with Crippen molar-refractivity contribution in [3.63, 3.8) is 0 Å². The Kier molecular flexibility index (Phi) is 3.99. The highest BCUT2D eigenvalue weighted by molar-refractivity contribution is 5.88. The number of carbonyl (C=O) groups is 1. The van der Waals surface area contributed by atoms with Crippen molar-refractivity contribution < 1.29 is 14.3 Å². The van der Waals surface area contributed by atoms with Crippen LogP contribution in [-0.2, 0) is 0 Å². The van der Waals surface area contributed by atoms with Crippen molar-refractivity contribution in [3.05, 3.63) is 23.6 Å². The van der Waals surface area contributed by atoms with Gasteiger partial charge in [-0.2, -0.15) is 0 Å². The van der Waals surface area contributed by atoms with Crippen LogP contribution in [0.3, 0.4) is 0 Å². The number of piperidine rings is 1. The first-order chi connectivity index (χ1) is 9.00. The number of halogens is 1. The van der Waals surface area contributed by atoms with Gasteiger partial charge >= 0.3 is 5.97 Å². The van der Waals surface area contributed by atoms with E-state index in [0.29, 0.717) is 19.1 Å². The maximum absolute atomic E-state index is 14.1. The minimum absolute atomic E-state index is 0.145. The fourth-order valence-corrected chi connectivity index (χ4v) is 2.39. The van der Waals surface area contributed by atoms with Crippen molar-refractivity contribution in [2.24, 2.45) is 0 Å². The molecule has 1 unspecified atom stereocenters. The number of aromatic nitrogens is 1. The summed E-state index contributed by atoms with van der Waals surface area (Å²) >= 11 is 0. The first kappa shape index (κ1) is 13.7. The van der Waals surface area contributed by atoms with E-state index in [1.807, 2.05) is 19.0 Å². The molecule has 1 fully saturated rings. The van der Waals surface area contributed by atoms with Crippen LogP contribution in [0.4, 0.5) is 10.2 Å². The van der Waals surface area contributed by atoms with Crippen molar-refractivity contribution in [2.45, 2.75) is 18.9 Å². The lowest BCUT2D eigenvalue weighted by Crippen LogP contribution is -2.45. The number of rotatable bonds is 3. The van der Waals surface area contributed by atoms with Crippen molar-refractivity contribution in [1.82, 2.24) is 9.88 Å². The third-order valence-electron chi connectivity index (χ3n) is 3.53. The highest BCUT2D eigenvalue weighted by Crippen LogP contribution is 2.24. The molecule has 1 aliphatic rings. The van der Waals surface area contributed by atoms with E-state index < -0.39 is 11.8 Å². The number of pyridine rings is 1. The first-order valence-electron chi connectivity index (χ1n) is 6.30. The molecular weight excluding hydrogens is 249 g/mol. The van der Waals surface area contributed by atoms with E-state index >= 15 is 0 Å². The molecule has 1 saturated heterocycles. The van der Waals surface area contributed by atoms with Gasteiger partial charge in [-0.25, -0.2) is 14.2 Å². The molecule has 2 heterocycles. The Morgan fingerprint density at radius 3 is 2.95 bits per heavy atom. The fourth-order valence-electron chi connectivity index (χ4n) is 2.39. The smallest absolute Gasteiger partial charge is 0.338 e. The van der Waals surface area contributed by atoms with Gasteiger partial charge in [0, 0.05) is 25.3 Å². The average molecular weight is 267 g/mol. The lowest BCUT2D eigenvalue weighted by Gasteiger charge is -2.36. The van der Waals surface area contributed by atoms with Gasteiger partial charge in [-0.15, -0.1) is 0 Å². The summed E-state index contributed by atoms with van der Waals surface area (Å²) < 4.78 is 14.1. The number of carboxylic acid groups (broad SMARTS) is 1. The van der Waals surface area contributed by atoms with Crippen LogP contribution in [0.25, 0.3) is 0 Å². The summed E-state index contributed by atoms with van der Waals surface area (Å²) in [5.41, 5.74) is -0.322. The lowest BCUT2D eigenvalue weighted by atomic mass is 10.0. The van der Waals surface area contributed by atoms with Gasteiger partial charge in [-0.05, 0) is 33.0 Å². The van der Waals surface area contributed by atoms with Crippen molar-refractivity contribution in [2.75, 3.05) is 32.1 Å². The summed E-state index contributed by atoms with van der Waals surface area (Å²) in [5.74, 6) is -1.86. The number of carboxylic acids is 1. The number of hydrogen-bond acceptors (Lipinski definition) is 4. The van der Waals surface area contributed by atoms with E-state index in [9.17, 15) is 9.18 Å². The first-order valence-corrected chi connectivity index (χ1v) is 6.30. The zero-order chi connectivity index (χ0) is 14.0. The molecule has 104 valence electrons. The van der Waals surface area contributed by atoms with Gasteiger partial charge in [0.1, 0.15) is 5.56 Å². The van der Waals surface area contributed by atoms with E-state index in [1.54, 1.807) is 0 Å². The molecule has 0 spiro atoms. The standard InChI is InChI=1S/C13H18FN3O2/c1-16(2)9-4-3-7-17(8-9)12-11(14)10(13(18)19)5-6-15-12/h5-6,9H,3-4,7-8H2,1-2H3,(H,18,19). The van der Waals surface area contributed by atoms with Crippen LogP contribution >= 0.6 is 0 Å². The Morgan fingerprint density at radius 2 is 2.32 bits per heavy atom. The molecule has 5 nitrogen and oxygen atoms in total. The predicted octanol–water partition coefficient (Wildman–Crippen LogP) is 1.45. The number of nitrogens with zero attached hydrogens (tertiary/aromatic N) is 3. The molecule has 0 aliphatic carbocycles. The predicted molar refractivity (Wildman–Crippen MR) is 70.1 cm³/mol. The van der Waals surface area contributed by atoms with Crippen LogP contribution in [0.15, 0.2) is 12.3 Å². The molecule has 0 saturated carbocycles. The quantitative estimate of drug-likeness (QED) is 0.898. The van der Waals surface area contributed by atoms with Crippen molar-refractivity contribution in [3.8, 4) is 0 Å². The molecular formula is C13H18FN3O2. The molecule has 0 amide bonds. The maximum atomic E-state index is 14.1. The van der Waals surface area contributed by atoms with Gasteiger partial charge in [0.2, 0.25) is 0 Å². The zero-order valence-electron chi connectivity index (χ0n) is 11.1. The monoisotopic (exact) mass is 267 g/mol. The van der Waals surface area contributed by atoms with E-state index in [4.69, 9.17) is 5.11 Å². The second-order valence-corrected chi connectivity index (χ2v) is 5.01. The number of aromatic carboxylic acids is 1. The Hall–Kier alpha value is -1.69. The molecule has 1 N–H and O–H groups in total. The molecule has 1 atom stereocenters. The van der Waals surface area contributed by atoms with Gasteiger partial charge in [0.15, 0.2) is 11.6 Å². The Morgan fingerprint density at radius 1 is 1.58 bits per heavy atom. The Balaban J connectivity index is 2.26. The van der Waals surface area contributed by atoms with Crippen LogP contribution in [0, 0.1) is 5.82 Å². The lowest BCUT2D eigenvalue weighted by molar-refractivity contribution is 0.0691. The maximum Gasteiger partial charge on any atom is 0.338 e. The molecule has 1 aliphatic heterocycles. The minimum atomic E-state index is -1.26. The van der Waals surface area contributed by atoms with Crippen LogP contribution in [0.5, 0.6) is 0 Å². The van der Waals surface area contributed by atoms with Crippen molar-refractivity contribution in [1.29, 1.82) is 0 Å². The Bertz CT molecular complexity index is 479. The molecule has 6 heteroatoms. The number of likely N-dealkylation sites (N-methyl/N-ethyl adjacent to an activating group) is 1. The van der Waals surface area contributed by atoms with Gasteiger partial charge in [-0.1, -0.05) is 0 Å². The molecule has 2 rings (SSSR count). The summed E-state index contributed by atoms with van der Waals surface area (Å²) in [6.45, 7) is 1.37. The largest absolute Gasteiger partial charge is 0.478 e. The summed E-state index contributed by atoms with van der Waals surface area (Å²) in [4.78, 5) is 18.9. The van der Waals surface area contributed by atoms with Crippen LogP contribution < -0.4 is 4.90 Å². The number of anilines is 1. The van der Waals surface area contributed by atoms with Gasteiger partial charge < -0.3 is 14.9 Å². The average Bonchev–Trinajstić information content (AvgIpc) is 2.38. The zero-order valence-corrected chi connectivity index (χ0v) is 11.1. The van der Waals surface area contributed by atoms with Gasteiger partial charge in [-0.3, -0.25) is 0 Å². The number of hydrogen-bond donors (Lipinski definition) is 1. The normalized spacial score (nSPS) is 19.8. The van der Waals surface area contributed by atoms with Gasteiger partial charge in [0.25, 0.3) is 0 Å². The molecule has 0 radical (unpaired) electrons. The third kappa shape index (κ3) is 2.84. The van der Waals surface area contributed by atoms with E-state index in [0.717, 1.165) is 12.8 Å². The van der Waals surface area contributed by atoms with E-state index in [2.05, 4.69) is 9.88 Å². The molecule has 0 bridgehead atoms. The molecule has 0 aromatic carbocycles. The van der Waals surface area contributed by atoms with Gasteiger partial charge in [0.05, 0.1) is 0 Å².